The maximum absolute atomic E-state index is 6.11. The summed E-state index contributed by atoms with van der Waals surface area (Å²) < 4.78 is 5.86. The van der Waals surface area contributed by atoms with Gasteiger partial charge in [-0.15, -0.1) is 0 Å². The van der Waals surface area contributed by atoms with Crippen molar-refractivity contribution in [2.45, 2.75) is 13.5 Å². The first kappa shape index (κ1) is 15.5. The Bertz CT molecular complexity index is 602. The Balaban J connectivity index is 2.30. The Morgan fingerprint density at radius 2 is 1.65 bits per heavy atom. The zero-order valence-corrected chi connectivity index (χ0v) is 13.2. The molecule has 0 aromatic heterocycles. The Kier molecular flexibility index (Phi) is 5.55. The van der Waals surface area contributed by atoms with Crippen LogP contribution in [0.5, 0.6) is 11.5 Å². The quantitative estimate of drug-likeness (QED) is 0.776. The molecular weight excluding hydrogens is 317 g/mol. The molecule has 0 amide bonds. The van der Waals surface area contributed by atoms with E-state index in [0.717, 1.165) is 12.1 Å². The Morgan fingerprint density at radius 3 is 2.40 bits per heavy atom. The molecule has 0 aliphatic carbocycles. The van der Waals surface area contributed by atoms with Gasteiger partial charge in [0.05, 0.1) is 5.02 Å². The number of nitrogens with one attached hydrogen (secondary N) is 1. The average molecular weight is 331 g/mol. The summed E-state index contributed by atoms with van der Waals surface area (Å²) in [5.41, 5.74) is 0.968. The fourth-order valence-electron chi connectivity index (χ4n) is 1.72. The lowest BCUT2D eigenvalue weighted by molar-refractivity contribution is 0.473. The summed E-state index contributed by atoms with van der Waals surface area (Å²) in [5.74, 6) is 1.23. The monoisotopic (exact) mass is 329 g/mol. The SMILES string of the molecule is CCNCc1cc(Cl)ccc1Oc1cc(Cl)ccc1Cl. The largest absolute Gasteiger partial charge is 0.455 e. The first-order valence-electron chi connectivity index (χ1n) is 6.22. The van der Waals surface area contributed by atoms with Gasteiger partial charge in [0.1, 0.15) is 11.5 Å². The summed E-state index contributed by atoms with van der Waals surface area (Å²) in [5, 5.41) is 5.00. The van der Waals surface area contributed by atoms with Crippen LogP contribution in [0, 0.1) is 0 Å². The van der Waals surface area contributed by atoms with Crippen molar-refractivity contribution in [3.63, 3.8) is 0 Å². The summed E-state index contributed by atoms with van der Waals surface area (Å²) in [6.45, 7) is 3.58. The van der Waals surface area contributed by atoms with E-state index >= 15 is 0 Å². The van der Waals surface area contributed by atoms with E-state index in [-0.39, 0.29) is 0 Å². The van der Waals surface area contributed by atoms with Crippen LogP contribution in [0.15, 0.2) is 36.4 Å². The zero-order valence-electron chi connectivity index (χ0n) is 10.9. The van der Waals surface area contributed by atoms with Crippen LogP contribution in [0.3, 0.4) is 0 Å². The van der Waals surface area contributed by atoms with Crippen LogP contribution in [0.25, 0.3) is 0 Å². The van der Waals surface area contributed by atoms with Gasteiger partial charge >= 0.3 is 0 Å². The minimum absolute atomic E-state index is 0.513. The van der Waals surface area contributed by atoms with E-state index in [2.05, 4.69) is 5.32 Å². The first-order valence-corrected chi connectivity index (χ1v) is 7.35. The van der Waals surface area contributed by atoms with Crippen molar-refractivity contribution in [3.05, 3.63) is 57.0 Å². The molecule has 0 bridgehead atoms. The molecule has 2 rings (SSSR count). The fourth-order valence-corrected chi connectivity index (χ4v) is 2.23. The first-order chi connectivity index (χ1) is 9.60. The molecule has 2 aromatic rings. The van der Waals surface area contributed by atoms with Gasteiger partial charge in [0.2, 0.25) is 0 Å². The third kappa shape index (κ3) is 4.03. The number of ether oxygens (including phenoxy) is 1. The van der Waals surface area contributed by atoms with Gasteiger partial charge in [-0.2, -0.15) is 0 Å². The van der Waals surface area contributed by atoms with Gasteiger partial charge in [-0.1, -0.05) is 41.7 Å². The summed E-state index contributed by atoms with van der Waals surface area (Å²) in [7, 11) is 0. The van der Waals surface area contributed by atoms with Gasteiger partial charge in [0, 0.05) is 28.2 Å². The van der Waals surface area contributed by atoms with E-state index in [1.165, 1.54) is 0 Å². The highest BCUT2D eigenvalue weighted by Gasteiger charge is 2.09. The number of hydrogen-bond donors (Lipinski definition) is 1. The van der Waals surface area contributed by atoms with Gasteiger partial charge in [-0.3, -0.25) is 0 Å². The maximum Gasteiger partial charge on any atom is 0.147 e. The van der Waals surface area contributed by atoms with Crippen molar-refractivity contribution in [2.75, 3.05) is 6.54 Å². The zero-order chi connectivity index (χ0) is 14.5. The molecule has 0 spiro atoms. The van der Waals surface area contributed by atoms with E-state index in [1.807, 2.05) is 19.1 Å². The van der Waals surface area contributed by atoms with Crippen molar-refractivity contribution in [1.29, 1.82) is 0 Å². The summed E-state index contributed by atoms with van der Waals surface area (Å²) in [6.07, 6.45) is 0. The lowest BCUT2D eigenvalue weighted by atomic mass is 10.2. The van der Waals surface area contributed by atoms with E-state index in [9.17, 15) is 0 Å². The van der Waals surface area contributed by atoms with Crippen molar-refractivity contribution in [1.82, 2.24) is 5.32 Å². The van der Waals surface area contributed by atoms with Gasteiger partial charge in [0.15, 0.2) is 0 Å². The Hall–Kier alpha value is -0.930. The Morgan fingerprint density at radius 1 is 0.950 bits per heavy atom. The molecule has 1 N–H and O–H groups in total. The predicted molar refractivity (Wildman–Crippen MR) is 85.4 cm³/mol. The molecule has 0 aliphatic rings. The van der Waals surface area contributed by atoms with Crippen LogP contribution in [-0.2, 0) is 6.54 Å². The maximum atomic E-state index is 6.11. The fraction of sp³-hybridized carbons (Fsp3) is 0.200. The van der Waals surface area contributed by atoms with E-state index in [0.29, 0.717) is 33.1 Å². The molecule has 20 heavy (non-hydrogen) atoms. The standard InChI is InChI=1S/C15H14Cl3NO/c1-2-19-9-10-7-11(16)4-6-14(10)20-15-8-12(17)3-5-13(15)18/h3-8,19H,2,9H2,1H3. The number of benzene rings is 2. The summed E-state index contributed by atoms with van der Waals surface area (Å²) in [4.78, 5) is 0. The molecule has 0 fully saturated rings. The van der Waals surface area contributed by atoms with Crippen LogP contribution >= 0.6 is 34.8 Å². The average Bonchev–Trinajstić information content (AvgIpc) is 2.43. The molecular formula is C15H14Cl3NO. The van der Waals surface area contributed by atoms with Crippen LogP contribution in [0.2, 0.25) is 15.1 Å². The molecule has 0 heterocycles. The highest BCUT2D eigenvalue weighted by atomic mass is 35.5. The molecule has 5 heteroatoms. The molecule has 2 nitrogen and oxygen atoms in total. The molecule has 0 aliphatic heterocycles. The second kappa shape index (κ2) is 7.19. The summed E-state index contributed by atoms with van der Waals surface area (Å²) in [6, 6.07) is 10.6. The topological polar surface area (TPSA) is 21.3 Å². The lowest BCUT2D eigenvalue weighted by Gasteiger charge is -2.13. The number of rotatable bonds is 5. The molecule has 106 valence electrons. The third-order valence-electron chi connectivity index (χ3n) is 2.70. The summed E-state index contributed by atoms with van der Waals surface area (Å²) >= 11 is 18.1. The van der Waals surface area contributed by atoms with E-state index < -0.39 is 0 Å². The predicted octanol–water partition coefficient (Wildman–Crippen LogP) is 5.55. The molecule has 0 saturated carbocycles. The van der Waals surface area contributed by atoms with Crippen molar-refractivity contribution in [3.8, 4) is 11.5 Å². The Labute approximate surface area is 133 Å². The van der Waals surface area contributed by atoms with Crippen LogP contribution in [0.1, 0.15) is 12.5 Å². The van der Waals surface area contributed by atoms with Gasteiger partial charge in [-0.05, 0) is 36.9 Å². The van der Waals surface area contributed by atoms with Crippen molar-refractivity contribution < 1.29 is 4.74 Å². The minimum atomic E-state index is 0.513. The van der Waals surface area contributed by atoms with Gasteiger partial charge in [-0.25, -0.2) is 0 Å². The van der Waals surface area contributed by atoms with Crippen LogP contribution in [0.4, 0.5) is 0 Å². The normalized spacial score (nSPS) is 10.6. The second-order valence-electron chi connectivity index (χ2n) is 4.21. The smallest absolute Gasteiger partial charge is 0.147 e. The van der Waals surface area contributed by atoms with E-state index in [1.54, 1.807) is 24.3 Å². The second-order valence-corrected chi connectivity index (χ2v) is 5.49. The molecule has 2 aromatic carbocycles. The number of halogens is 3. The minimum Gasteiger partial charge on any atom is -0.455 e. The van der Waals surface area contributed by atoms with Crippen LogP contribution in [-0.4, -0.2) is 6.54 Å². The molecule has 0 atom stereocenters. The molecule has 0 radical (unpaired) electrons. The van der Waals surface area contributed by atoms with Crippen molar-refractivity contribution >= 4 is 34.8 Å². The van der Waals surface area contributed by atoms with E-state index in [4.69, 9.17) is 39.5 Å². The van der Waals surface area contributed by atoms with Gasteiger partial charge in [0.25, 0.3) is 0 Å². The van der Waals surface area contributed by atoms with Crippen molar-refractivity contribution in [2.24, 2.45) is 0 Å². The highest BCUT2D eigenvalue weighted by molar-refractivity contribution is 6.34. The third-order valence-corrected chi connectivity index (χ3v) is 3.48. The van der Waals surface area contributed by atoms with Gasteiger partial charge < -0.3 is 10.1 Å². The molecule has 0 unspecified atom stereocenters. The molecule has 0 saturated heterocycles. The number of hydrogen-bond acceptors (Lipinski definition) is 2. The van der Waals surface area contributed by atoms with Crippen LogP contribution < -0.4 is 10.1 Å². The highest BCUT2D eigenvalue weighted by Crippen LogP contribution is 2.34. The lowest BCUT2D eigenvalue weighted by Crippen LogP contribution is -2.12.